The number of nitrogens with one attached hydrogen (secondary N) is 3. The first kappa shape index (κ1) is 27.1. The highest BCUT2D eigenvalue weighted by atomic mass is 32.1. The van der Waals surface area contributed by atoms with E-state index in [1.807, 2.05) is 61.6 Å². The lowest BCUT2D eigenvalue weighted by Gasteiger charge is -2.18. The lowest BCUT2D eigenvalue weighted by atomic mass is 10.1. The van der Waals surface area contributed by atoms with Gasteiger partial charge in [-0.3, -0.25) is 14.6 Å². The molecule has 3 aromatic carbocycles. The molecule has 1 unspecified atom stereocenters. The number of fused-ring (bicyclic) bond motifs is 1. The molecule has 1 atom stereocenters. The van der Waals surface area contributed by atoms with Crippen LogP contribution in [-0.2, 0) is 0 Å². The molecule has 9 heteroatoms. The van der Waals surface area contributed by atoms with Crippen LogP contribution in [0.4, 0.5) is 5.69 Å². The number of amides is 2. The molecule has 5 aromatic rings. The number of aromatic nitrogens is 3. The molecule has 3 N–H and O–H groups in total. The van der Waals surface area contributed by atoms with Crippen LogP contribution in [0.15, 0.2) is 84.6 Å². The van der Waals surface area contributed by atoms with Crippen molar-refractivity contribution in [3.05, 3.63) is 101 Å². The Morgan fingerprint density at radius 1 is 0.950 bits per heavy atom. The van der Waals surface area contributed by atoms with Crippen LogP contribution < -0.4 is 15.5 Å². The maximum Gasteiger partial charge on any atom is 0.263 e. The van der Waals surface area contributed by atoms with Gasteiger partial charge in [-0.2, -0.15) is 0 Å². The Balaban J connectivity index is 1.24. The Hall–Kier alpha value is -4.50. The minimum Gasteiger partial charge on any atom is -0.377 e. The Labute approximate surface area is 237 Å². The molecule has 2 heterocycles. The second kappa shape index (κ2) is 12.6. The zero-order valence-electron chi connectivity index (χ0n) is 22.6. The lowest BCUT2D eigenvalue weighted by Crippen LogP contribution is -2.29. The Kier molecular flexibility index (Phi) is 8.51. The van der Waals surface area contributed by atoms with Gasteiger partial charge < -0.3 is 20.5 Å². The third-order valence-corrected chi connectivity index (χ3v) is 7.55. The van der Waals surface area contributed by atoms with Crippen LogP contribution in [0.2, 0.25) is 0 Å². The first-order chi connectivity index (χ1) is 19.5. The van der Waals surface area contributed by atoms with Crippen molar-refractivity contribution in [3.63, 3.8) is 0 Å². The molecule has 0 aliphatic rings. The monoisotopic (exact) mass is 552 g/mol. The minimum atomic E-state index is -0.311. The largest absolute Gasteiger partial charge is 0.377 e. The first-order valence-corrected chi connectivity index (χ1v) is 14.2. The van der Waals surface area contributed by atoms with Crippen LogP contribution in [0.1, 0.15) is 51.2 Å². The predicted octanol–water partition coefficient (Wildman–Crippen LogP) is 5.82. The number of thiazole rings is 1. The number of imidazole rings is 1. The third kappa shape index (κ3) is 6.38. The van der Waals surface area contributed by atoms with Gasteiger partial charge in [0.15, 0.2) is 0 Å². The first-order valence-electron chi connectivity index (χ1n) is 13.3. The second-order valence-corrected chi connectivity index (χ2v) is 10.7. The average Bonchev–Trinajstić information content (AvgIpc) is 3.69. The number of rotatable bonds is 11. The van der Waals surface area contributed by atoms with E-state index in [0.717, 1.165) is 35.2 Å². The van der Waals surface area contributed by atoms with Crippen LogP contribution in [0.5, 0.6) is 0 Å². The number of carbonyl (C=O) groups is 2. The van der Waals surface area contributed by atoms with Gasteiger partial charge in [-0.25, -0.2) is 4.98 Å². The maximum absolute atomic E-state index is 12.9. The van der Waals surface area contributed by atoms with Gasteiger partial charge in [0.1, 0.15) is 10.7 Å². The lowest BCUT2D eigenvalue weighted by molar-refractivity contribution is 0.0935. The summed E-state index contributed by atoms with van der Waals surface area (Å²) in [6.45, 7) is 0.538. The van der Waals surface area contributed by atoms with Crippen molar-refractivity contribution in [2.45, 2.75) is 25.3 Å². The molecular formula is C31H32N6O2S. The summed E-state index contributed by atoms with van der Waals surface area (Å²) < 4.78 is 0. The van der Waals surface area contributed by atoms with E-state index in [9.17, 15) is 9.59 Å². The third-order valence-electron chi connectivity index (χ3n) is 6.78. The highest BCUT2D eigenvalue weighted by Crippen LogP contribution is 2.26. The molecule has 204 valence electrons. The standard InChI is InChI=1S/C31H32N6O2S/c1-37(2)27-13-6-5-11-24(27)30(38)33-16-8-7-12-25(36-31(39)28-19-32-20-40-28)29-34-18-26(35-29)23-15-14-21-9-3-4-10-22(21)17-23/h3-6,9-11,13-15,17-20,25H,7-8,12,16H2,1-2H3,(H,33,38)(H,34,35)(H,36,39). The van der Waals surface area contributed by atoms with Crippen LogP contribution in [-0.4, -0.2) is 47.4 Å². The molecule has 2 aromatic heterocycles. The van der Waals surface area contributed by atoms with Gasteiger partial charge in [0, 0.05) is 31.9 Å². The topological polar surface area (TPSA) is 103 Å². The molecule has 0 bridgehead atoms. The highest BCUT2D eigenvalue weighted by molar-refractivity contribution is 7.11. The molecule has 0 saturated carbocycles. The molecule has 40 heavy (non-hydrogen) atoms. The molecule has 0 aliphatic heterocycles. The molecule has 0 spiro atoms. The van der Waals surface area contributed by atoms with E-state index in [2.05, 4.69) is 55.9 Å². The van der Waals surface area contributed by atoms with Gasteiger partial charge in [0.05, 0.1) is 35.2 Å². The summed E-state index contributed by atoms with van der Waals surface area (Å²) in [5.74, 6) is 0.431. The van der Waals surface area contributed by atoms with Gasteiger partial charge in [0.25, 0.3) is 11.8 Å². The summed E-state index contributed by atoms with van der Waals surface area (Å²) in [4.78, 5) is 40.2. The normalized spacial score (nSPS) is 11.8. The van der Waals surface area contributed by atoms with Crippen molar-refractivity contribution in [1.82, 2.24) is 25.6 Å². The van der Waals surface area contributed by atoms with Gasteiger partial charge in [-0.15, -0.1) is 11.3 Å². The Morgan fingerprint density at radius 3 is 2.55 bits per heavy atom. The quantitative estimate of drug-likeness (QED) is 0.179. The van der Waals surface area contributed by atoms with Crippen molar-refractivity contribution >= 4 is 39.6 Å². The van der Waals surface area contributed by atoms with E-state index in [0.29, 0.717) is 29.2 Å². The van der Waals surface area contributed by atoms with Gasteiger partial charge >= 0.3 is 0 Å². The van der Waals surface area contributed by atoms with E-state index >= 15 is 0 Å². The minimum absolute atomic E-state index is 0.0922. The Bertz CT molecular complexity index is 1590. The number of H-pyrrole nitrogens is 1. The summed E-state index contributed by atoms with van der Waals surface area (Å²) in [7, 11) is 3.85. The number of unbranched alkanes of at least 4 members (excludes halogenated alkanes) is 1. The molecule has 0 saturated heterocycles. The molecule has 8 nitrogen and oxygen atoms in total. The molecule has 0 aliphatic carbocycles. The predicted molar refractivity (Wildman–Crippen MR) is 161 cm³/mol. The number of aromatic amines is 1. The number of anilines is 1. The van der Waals surface area contributed by atoms with Crippen molar-refractivity contribution in [2.24, 2.45) is 0 Å². The fourth-order valence-corrected chi connectivity index (χ4v) is 5.20. The molecular weight excluding hydrogens is 520 g/mol. The van der Waals surface area contributed by atoms with E-state index in [1.165, 1.54) is 16.7 Å². The smallest absolute Gasteiger partial charge is 0.263 e. The molecule has 0 fully saturated rings. The second-order valence-electron chi connectivity index (χ2n) is 9.80. The fourth-order valence-electron chi connectivity index (χ4n) is 4.68. The number of benzene rings is 3. The van der Waals surface area contributed by atoms with Crippen LogP contribution in [0.3, 0.4) is 0 Å². The van der Waals surface area contributed by atoms with Gasteiger partial charge in [0.2, 0.25) is 0 Å². The molecule has 5 rings (SSSR count). The summed E-state index contributed by atoms with van der Waals surface area (Å²) in [6, 6.07) is 21.8. The van der Waals surface area contributed by atoms with Gasteiger partial charge in [-0.1, -0.05) is 48.5 Å². The zero-order chi connectivity index (χ0) is 27.9. The SMILES string of the molecule is CN(C)c1ccccc1C(=O)NCCCCC(NC(=O)c1cncs1)c1ncc(-c2ccc3ccccc3c2)[nH]1. The number of hydrogen-bond acceptors (Lipinski definition) is 6. The summed E-state index contributed by atoms with van der Waals surface area (Å²) in [5.41, 5.74) is 5.10. The Morgan fingerprint density at radius 2 is 1.75 bits per heavy atom. The van der Waals surface area contributed by atoms with Crippen molar-refractivity contribution in [2.75, 3.05) is 25.5 Å². The molecule has 2 amide bonds. The number of carbonyl (C=O) groups excluding carboxylic acids is 2. The number of hydrogen-bond donors (Lipinski definition) is 3. The van der Waals surface area contributed by atoms with E-state index < -0.39 is 0 Å². The van der Waals surface area contributed by atoms with Crippen molar-refractivity contribution < 1.29 is 9.59 Å². The number of nitrogens with zero attached hydrogens (tertiary/aromatic N) is 3. The molecule has 0 radical (unpaired) electrons. The van der Waals surface area contributed by atoms with E-state index in [4.69, 9.17) is 0 Å². The highest BCUT2D eigenvalue weighted by Gasteiger charge is 2.20. The van der Waals surface area contributed by atoms with E-state index in [1.54, 1.807) is 11.7 Å². The fraction of sp³-hybridized carbons (Fsp3) is 0.226. The van der Waals surface area contributed by atoms with Crippen LogP contribution in [0.25, 0.3) is 22.0 Å². The van der Waals surface area contributed by atoms with Crippen LogP contribution >= 0.6 is 11.3 Å². The van der Waals surface area contributed by atoms with Gasteiger partial charge in [-0.05, 0) is 48.2 Å². The van der Waals surface area contributed by atoms with Crippen molar-refractivity contribution in [3.8, 4) is 11.3 Å². The maximum atomic E-state index is 12.9. The zero-order valence-corrected chi connectivity index (χ0v) is 23.4. The summed E-state index contributed by atoms with van der Waals surface area (Å²) in [6.07, 6.45) is 5.60. The number of para-hydroxylation sites is 1. The van der Waals surface area contributed by atoms with Crippen LogP contribution in [0, 0.1) is 0 Å². The summed E-state index contributed by atoms with van der Waals surface area (Å²) in [5, 5.41) is 8.48. The van der Waals surface area contributed by atoms with E-state index in [-0.39, 0.29) is 17.9 Å². The summed E-state index contributed by atoms with van der Waals surface area (Å²) >= 11 is 1.30. The van der Waals surface area contributed by atoms with Crippen molar-refractivity contribution in [1.29, 1.82) is 0 Å². The average molecular weight is 553 g/mol.